The van der Waals surface area contributed by atoms with Crippen LogP contribution in [0.1, 0.15) is 5.56 Å². The maximum Gasteiger partial charge on any atom is 0.228 e. The number of carbonyl (C=O) groups excluding carboxylic acids is 1. The van der Waals surface area contributed by atoms with Crippen LogP contribution in [0.25, 0.3) is 0 Å². The van der Waals surface area contributed by atoms with E-state index in [9.17, 15) is 4.79 Å². The predicted molar refractivity (Wildman–Crippen MR) is 103 cm³/mol. The highest BCUT2D eigenvalue weighted by atomic mass is 79.9. The molecule has 0 radical (unpaired) electrons. The van der Waals surface area contributed by atoms with Crippen LogP contribution in [0.2, 0.25) is 0 Å². The molecule has 2 aromatic rings. The highest BCUT2D eigenvalue weighted by Crippen LogP contribution is 2.26. The minimum absolute atomic E-state index is 0.0129. The molecule has 0 atom stereocenters. The molecule has 0 spiro atoms. The first-order valence-corrected chi connectivity index (χ1v) is 8.98. The van der Waals surface area contributed by atoms with E-state index in [-0.39, 0.29) is 5.91 Å². The van der Waals surface area contributed by atoms with Crippen molar-refractivity contribution in [3.05, 3.63) is 58.6 Å². The van der Waals surface area contributed by atoms with E-state index in [2.05, 4.69) is 44.2 Å². The summed E-state index contributed by atoms with van der Waals surface area (Å²) in [7, 11) is 2.14. The van der Waals surface area contributed by atoms with Crippen LogP contribution in [0, 0.1) is 0 Å². The number of anilines is 2. The van der Waals surface area contributed by atoms with E-state index in [1.165, 1.54) is 0 Å². The zero-order valence-electron chi connectivity index (χ0n) is 13.8. The Morgan fingerprint density at radius 2 is 1.71 bits per heavy atom. The molecule has 0 aromatic heterocycles. The molecular formula is C19H22BrN3O. The molecule has 5 heteroatoms. The first-order valence-electron chi connectivity index (χ1n) is 8.18. The minimum atomic E-state index is 0.0129. The second-order valence-corrected chi connectivity index (χ2v) is 7.07. The van der Waals surface area contributed by atoms with Gasteiger partial charge in [0.25, 0.3) is 0 Å². The van der Waals surface area contributed by atoms with Gasteiger partial charge in [-0.15, -0.1) is 0 Å². The molecule has 0 bridgehead atoms. The standard InChI is InChI=1S/C19H22BrN3O/c1-22-10-12-23(13-11-22)18-5-3-2-4-17(18)21-19(24)14-15-6-8-16(20)9-7-15/h2-9H,10-14H2,1H3,(H,21,24). The van der Waals surface area contributed by atoms with Crippen molar-refractivity contribution in [1.29, 1.82) is 0 Å². The van der Waals surface area contributed by atoms with Crippen LogP contribution in [0.4, 0.5) is 11.4 Å². The van der Waals surface area contributed by atoms with Gasteiger partial charge in [0, 0.05) is 30.7 Å². The molecule has 1 saturated heterocycles. The van der Waals surface area contributed by atoms with Gasteiger partial charge < -0.3 is 15.1 Å². The van der Waals surface area contributed by atoms with Gasteiger partial charge in [0.1, 0.15) is 0 Å². The Morgan fingerprint density at radius 3 is 2.42 bits per heavy atom. The summed E-state index contributed by atoms with van der Waals surface area (Å²) >= 11 is 3.41. The Hall–Kier alpha value is -1.85. The number of carbonyl (C=O) groups is 1. The van der Waals surface area contributed by atoms with E-state index in [0.717, 1.165) is 47.6 Å². The van der Waals surface area contributed by atoms with Crippen LogP contribution < -0.4 is 10.2 Å². The number of nitrogens with zero attached hydrogens (tertiary/aromatic N) is 2. The van der Waals surface area contributed by atoms with Crippen molar-refractivity contribution < 1.29 is 4.79 Å². The molecule has 4 nitrogen and oxygen atoms in total. The number of benzene rings is 2. The fraction of sp³-hybridized carbons (Fsp3) is 0.316. The number of para-hydroxylation sites is 2. The monoisotopic (exact) mass is 387 g/mol. The summed E-state index contributed by atoms with van der Waals surface area (Å²) in [4.78, 5) is 17.1. The molecule has 0 saturated carbocycles. The summed E-state index contributed by atoms with van der Waals surface area (Å²) in [5.74, 6) is 0.0129. The Kier molecular flexibility index (Phi) is 5.53. The van der Waals surface area contributed by atoms with Crippen molar-refractivity contribution in [2.75, 3.05) is 43.4 Å². The Morgan fingerprint density at radius 1 is 1.04 bits per heavy atom. The van der Waals surface area contributed by atoms with Gasteiger partial charge in [-0.3, -0.25) is 4.79 Å². The third-order valence-electron chi connectivity index (χ3n) is 4.30. The molecule has 126 valence electrons. The predicted octanol–water partition coefficient (Wildman–Crippen LogP) is 3.38. The van der Waals surface area contributed by atoms with Crippen LogP contribution in [-0.4, -0.2) is 44.0 Å². The summed E-state index contributed by atoms with van der Waals surface area (Å²) < 4.78 is 1.02. The average molecular weight is 388 g/mol. The first-order chi connectivity index (χ1) is 11.6. The van der Waals surface area contributed by atoms with Gasteiger partial charge in [-0.1, -0.05) is 40.2 Å². The lowest BCUT2D eigenvalue weighted by atomic mass is 10.1. The van der Waals surface area contributed by atoms with Crippen molar-refractivity contribution >= 4 is 33.2 Å². The van der Waals surface area contributed by atoms with E-state index >= 15 is 0 Å². The van der Waals surface area contributed by atoms with Crippen molar-refractivity contribution in [3.63, 3.8) is 0 Å². The van der Waals surface area contributed by atoms with E-state index in [1.54, 1.807) is 0 Å². The molecule has 1 heterocycles. The summed E-state index contributed by atoms with van der Waals surface area (Å²) in [5.41, 5.74) is 3.01. The lowest BCUT2D eigenvalue weighted by Gasteiger charge is -2.35. The van der Waals surface area contributed by atoms with Gasteiger partial charge in [0.05, 0.1) is 17.8 Å². The lowest BCUT2D eigenvalue weighted by Crippen LogP contribution is -2.44. The molecule has 1 N–H and O–H groups in total. The molecule has 2 aromatic carbocycles. The molecule has 1 aliphatic heterocycles. The topological polar surface area (TPSA) is 35.6 Å². The second-order valence-electron chi connectivity index (χ2n) is 6.16. The number of nitrogens with one attached hydrogen (secondary N) is 1. The number of hydrogen-bond donors (Lipinski definition) is 1. The number of rotatable bonds is 4. The van der Waals surface area contributed by atoms with Crippen molar-refractivity contribution in [2.45, 2.75) is 6.42 Å². The highest BCUT2D eigenvalue weighted by molar-refractivity contribution is 9.10. The number of piperazine rings is 1. The largest absolute Gasteiger partial charge is 0.367 e. The molecule has 0 aliphatic carbocycles. The first kappa shape index (κ1) is 17.0. The van der Waals surface area contributed by atoms with Crippen LogP contribution in [-0.2, 0) is 11.2 Å². The molecule has 3 rings (SSSR count). The molecule has 1 amide bonds. The fourth-order valence-corrected chi connectivity index (χ4v) is 3.15. The number of hydrogen-bond acceptors (Lipinski definition) is 3. The lowest BCUT2D eigenvalue weighted by molar-refractivity contribution is -0.115. The van der Waals surface area contributed by atoms with E-state index < -0.39 is 0 Å². The van der Waals surface area contributed by atoms with Gasteiger partial charge in [-0.25, -0.2) is 0 Å². The van der Waals surface area contributed by atoms with Crippen LogP contribution in [0.3, 0.4) is 0 Å². The summed E-state index contributed by atoms with van der Waals surface area (Å²) in [6.07, 6.45) is 0.379. The Labute approximate surface area is 151 Å². The average Bonchev–Trinajstić information content (AvgIpc) is 2.58. The maximum absolute atomic E-state index is 12.4. The molecular weight excluding hydrogens is 366 g/mol. The second kappa shape index (κ2) is 7.81. The van der Waals surface area contributed by atoms with Gasteiger partial charge >= 0.3 is 0 Å². The van der Waals surface area contributed by atoms with Gasteiger partial charge in [-0.05, 0) is 36.9 Å². The third kappa shape index (κ3) is 4.36. The normalized spacial score (nSPS) is 15.3. The fourth-order valence-electron chi connectivity index (χ4n) is 2.88. The Bertz CT molecular complexity index is 694. The quantitative estimate of drug-likeness (QED) is 0.873. The summed E-state index contributed by atoms with van der Waals surface area (Å²) in [5, 5.41) is 3.08. The number of amides is 1. The van der Waals surface area contributed by atoms with E-state index in [4.69, 9.17) is 0 Å². The number of likely N-dealkylation sites (N-methyl/N-ethyl adjacent to an activating group) is 1. The smallest absolute Gasteiger partial charge is 0.228 e. The zero-order chi connectivity index (χ0) is 16.9. The number of halogens is 1. The minimum Gasteiger partial charge on any atom is -0.367 e. The molecule has 0 unspecified atom stereocenters. The van der Waals surface area contributed by atoms with E-state index in [0.29, 0.717) is 6.42 Å². The molecule has 24 heavy (non-hydrogen) atoms. The molecule has 1 fully saturated rings. The highest BCUT2D eigenvalue weighted by Gasteiger charge is 2.17. The van der Waals surface area contributed by atoms with Crippen LogP contribution in [0.5, 0.6) is 0 Å². The van der Waals surface area contributed by atoms with Crippen LogP contribution >= 0.6 is 15.9 Å². The van der Waals surface area contributed by atoms with Gasteiger partial charge in [0.15, 0.2) is 0 Å². The summed E-state index contributed by atoms with van der Waals surface area (Å²) in [6, 6.07) is 15.9. The Balaban J connectivity index is 1.68. The van der Waals surface area contributed by atoms with Crippen LogP contribution in [0.15, 0.2) is 53.0 Å². The van der Waals surface area contributed by atoms with Crippen molar-refractivity contribution in [1.82, 2.24) is 4.90 Å². The maximum atomic E-state index is 12.4. The SMILES string of the molecule is CN1CCN(c2ccccc2NC(=O)Cc2ccc(Br)cc2)CC1. The van der Waals surface area contributed by atoms with Gasteiger partial charge in [-0.2, -0.15) is 0 Å². The van der Waals surface area contributed by atoms with Crippen molar-refractivity contribution in [3.8, 4) is 0 Å². The zero-order valence-corrected chi connectivity index (χ0v) is 15.4. The molecule has 1 aliphatic rings. The van der Waals surface area contributed by atoms with Gasteiger partial charge in [0.2, 0.25) is 5.91 Å². The van der Waals surface area contributed by atoms with Crippen molar-refractivity contribution in [2.24, 2.45) is 0 Å². The summed E-state index contributed by atoms with van der Waals surface area (Å²) in [6.45, 7) is 4.05. The third-order valence-corrected chi connectivity index (χ3v) is 4.83. The van der Waals surface area contributed by atoms with E-state index in [1.807, 2.05) is 42.5 Å².